The zero-order valence-corrected chi connectivity index (χ0v) is 12.2. The second kappa shape index (κ2) is 6.89. The molecule has 0 aliphatic rings. The number of nitriles is 1. The van der Waals surface area contributed by atoms with E-state index in [1.54, 1.807) is 36.5 Å². The molecule has 0 bridgehead atoms. The molecule has 1 amide bonds. The Kier molecular flexibility index (Phi) is 4.94. The molecule has 0 fully saturated rings. The van der Waals surface area contributed by atoms with Crippen molar-refractivity contribution in [3.8, 4) is 6.07 Å². The fraction of sp³-hybridized carbons (Fsp3) is 0. The number of hydrogen-bond donors (Lipinski definition) is 1. The minimum Gasteiger partial charge on any atom is -0.320 e. The van der Waals surface area contributed by atoms with Gasteiger partial charge in [0.2, 0.25) is 0 Å². The molecule has 0 atom stereocenters. The molecule has 1 N–H and O–H groups in total. The first-order chi connectivity index (χ1) is 10.1. The van der Waals surface area contributed by atoms with Crippen LogP contribution in [0.5, 0.6) is 0 Å². The molecule has 21 heavy (non-hydrogen) atoms. The summed E-state index contributed by atoms with van der Waals surface area (Å²) in [7, 11) is 0. The molecule has 1 aromatic heterocycles. The van der Waals surface area contributed by atoms with Crippen LogP contribution >= 0.6 is 23.2 Å². The highest BCUT2D eigenvalue weighted by Crippen LogP contribution is 2.25. The number of anilines is 1. The molecule has 6 heteroatoms. The molecule has 4 nitrogen and oxygen atoms in total. The molecule has 0 unspecified atom stereocenters. The SMILES string of the molecule is N#C/C(=C/c1ccccn1)C(=O)Nc1cc(Cl)ccc1Cl. The maximum Gasteiger partial charge on any atom is 0.266 e. The molecule has 2 aromatic rings. The number of nitrogens with one attached hydrogen (secondary N) is 1. The third-order valence-corrected chi connectivity index (χ3v) is 3.09. The third-order valence-electron chi connectivity index (χ3n) is 2.52. The van der Waals surface area contributed by atoms with E-state index in [0.29, 0.717) is 21.4 Å². The Bertz CT molecular complexity index is 736. The van der Waals surface area contributed by atoms with E-state index in [-0.39, 0.29) is 5.57 Å². The van der Waals surface area contributed by atoms with E-state index in [2.05, 4.69) is 10.3 Å². The minimum absolute atomic E-state index is 0.0789. The van der Waals surface area contributed by atoms with Gasteiger partial charge in [0.15, 0.2) is 0 Å². The highest BCUT2D eigenvalue weighted by molar-refractivity contribution is 6.36. The van der Waals surface area contributed by atoms with Crippen LogP contribution in [0.2, 0.25) is 10.0 Å². The van der Waals surface area contributed by atoms with Crippen LogP contribution in [-0.4, -0.2) is 10.9 Å². The molecular weight excluding hydrogens is 309 g/mol. The van der Waals surface area contributed by atoms with Crippen LogP contribution in [-0.2, 0) is 4.79 Å². The van der Waals surface area contributed by atoms with Crippen LogP contribution in [0.3, 0.4) is 0 Å². The molecule has 0 aliphatic heterocycles. The van der Waals surface area contributed by atoms with Gasteiger partial charge in [0, 0.05) is 11.2 Å². The Labute approximate surface area is 131 Å². The summed E-state index contributed by atoms with van der Waals surface area (Å²) in [6, 6.07) is 11.7. The van der Waals surface area contributed by atoms with E-state index in [1.807, 2.05) is 6.07 Å². The zero-order valence-electron chi connectivity index (χ0n) is 10.7. The van der Waals surface area contributed by atoms with Gasteiger partial charge in [-0.2, -0.15) is 5.26 Å². The maximum absolute atomic E-state index is 12.1. The van der Waals surface area contributed by atoms with Gasteiger partial charge in [0.25, 0.3) is 5.91 Å². The van der Waals surface area contributed by atoms with E-state index >= 15 is 0 Å². The van der Waals surface area contributed by atoms with Crippen LogP contribution in [0.4, 0.5) is 5.69 Å². The number of halogens is 2. The van der Waals surface area contributed by atoms with Crippen molar-refractivity contribution < 1.29 is 4.79 Å². The van der Waals surface area contributed by atoms with Gasteiger partial charge in [-0.1, -0.05) is 29.3 Å². The normalized spacial score (nSPS) is 10.8. The topological polar surface area (TPSA) is 65.8 Å². The number of nitrogens with zero attached hydrogens (tertiary/aromatic N) is 2. The first kappa shape index (κ1) is 15.0. The standard InChI is InChI=1S/C15H9Cl2N3O/c16-11-4-5-13(17)14(8-11)20-15(21)10(9-18)7-12-3-1-2-6-19-12/h1-8H,(H,20,21)/b10-7-. The number of carbonyl (C=O) groups excluding carboxylic acids is 1. The van der Waals surface area contributed by atoms with E-state index < -0.39 is 5.91 Å². The van der Waals surface area contributed by atoms with E-state index in [9.17, 15) is 4.79 Å². The van der Waals surface area contributed by atoms with E-state index in [0.717, 1.165) is 0 Å². The lowest BCUT2D eigenvalue weighted by atomic mass is 10.2. The fourth-order valence-electron chi connectivity index (χ4n) is 1.54. The maximum atomic E-state index is 12.1. The molecule has 0 radical (unpaired) electrons. The predicted octanol–water partition coefficient (Wildman–Crippen LogP) is 3.93. The third kappa shape index (κ3) is 4.06. The average molecular weight is 318 g/mol. The summed E-state index contributed by atoms with van der Waals surface area (Å²) in [6.45, 7) is 0. The molecule has 1 aromatic carbocycles. The summed E-state index contributed by atoms with van der Waals surface area (Å²) in [6.07, 6.45) is 2.97. The second-order valence-electron chi connectivity index (χ2n) is 4.00. The van der Waals surface area contributed by atoms with Crippen LogP contribution in [0.15, 0.2) is 48.2 Å². The van der Waals surface area contributed by atoms with Gasteiger partial charge in [-0.15, -0.1) is 0 Å². The van der Waals surface area contributed by atoms with Crippen molar-refractivity contribution in [3.05, 3.63) is 63.9 Å². The second-order valence-corrected chi connectivity index (χ2v) is 4.85. The van der Waals surface area contributed by atoms with Gasteiger partial charge in [-0.05, 0) is 36.4 Å². The van der Waals surface area contributed by atoms with Crippen molar-refractivity contribution in [2.75, 3.05) is 5.32 Å². The van der Waals surface area contributed by atoms with Gasteiger partial charge >= 0.3 is 0 Å². The van der Waals surface area contributed by atoms with Crippen molar-refractivity contribution in [1.82, 2.24) is 4.98 Å². The summed E-state index contributed by atoms with van der Waals surface area (Å²) >= 11 is 11.8. The largest absolute Gasteiger partial charge is 0.320 e. The van der Waals surface area contributed by atoms with Gasteiger partial charge in [-0.25, -0.2) is 0 Å². The van der Waals surface area contributed by atoms with E-state index in [1.165, 1.54) is 12.1 Å². The molecule has 0 aliphatic carbocycles. The summed E-state index contributed by atoms with van der Waals surface area (Å²) in [5.41, 5.74) is 0.780. The van der Waals surface area contributed by atoms with Crippen LogP contribution < -0.4 is 5.32 Å². The van der Waals surface area contributed by atoms with Crippen molar-refractivity contribution in [2.45, 2.75) is 0 Å². The summed E-state index contributed by atoms with van der Waals surface area (Å²) in [5.74, 6) is -0.577. The first-order valence-corrected chi connectivity index (χ1v) is 6.65. The minimum atomic E-state index is -0.577. The number of hydrogen-bond acceptors (Lipinski definition) is 3. The van der Waals surface area contributed by atoms with Crippen LogP contribution in [0, 0.1) is 11.3 Å². The lowest BCUT2D eigenvalue weighted by Gasteiger charge is -2.06. The van der Waals surface area contributed by atoms with Crippen LogP contribution in [0.1, 0.15) is 5.69 Å². The van der Waals surface area contributed by atoms with Crippen molar-refractivity contribution in [3.63, 3.8) is 0 Å². The summed E-state index contributed by atoms with van der Waals surface area (Å²) in [4.78, 5) is 16.1. The predicted molar refractivity (Wildman–Crippen MR) is 82.9 cm³/mol. The number of carbonyl (C=O) groups is 1. The van der Waals surface area contributed by atoms with Gasteiger partial charge < -0.3 is 5.32 Å². The molecule has 104 valence electrons. The Morgan fingerprint density at radius 1 is 1.29 bits per heavy atom. The van der Waals surface area contributed by atoms with Gasteiger partial charge in [-0.3, -0.25) is 9.78 Å². The lowest BCUT2D eigenvalue weighted by Crippen LogP contribution is -2.13. The summed E-state index contributed by atoms with van der Waals surface area (Å²) < 4.78 is 0. The number of rotatable bonds is 3. The molecule has 0 saturated carbocycles. The van der Waals surface area contributed by atoms with Gasteiger partial charge in [0.1, 0.15) is 11.6 Å². The molecule has 0 spiro atoms. The highest BCUT2D eigenvalue weighted by atomic mass is 35.5. The number of aromatic nitrogens is 1. The van der Waals surface area contributed by atoms with Crippen molar-refractivity contribution in [1.29, 1.82) is 5.26 Å². The number of pyridine rings is 1. The quantitative estimate of drug-likeness (QED) is 0.689. The first-order valence-electron chi connectivity index (χ1n) is 5.89. The smallest absolute Gasteiger partial charge is 0.266 e. The monoisotopic (exact) mass is 317 g/mol. The fourth-order valence-corrected chi connectivity index (χ4v) is 1.88. The molecule has 2 rings (SSSR count). The Hall–Kier alpha value is -2.35. The molecule has 1 heterocycles. The van der Waals surface area contributed by atoms with Crippen molar-refractivity contribution >= 4 is 40.9 Å². The lowest BCUT2D eigenvalue weighted by molar-refractivity contribution is -0.112. The van der Waals surface area contributed by atoms with Gasteiger partial charge in [0.05, 0.1) is 16.4 Å². The van der Waals surface area contributed by atoms with Crippen molar-refractivity contribution in [2.24, 2.45) is 0 Å². The van der Waals surface area contributed by atoms with Crippen LogP contribution in [0.25, 0.3) is 6.08 Å². The summed E-state index contributed by atoms with van der Waals surface area (Å²) in [5, 5.41) is 12.4. The Balaban J connectivity index is 2.24. The molecule has 0 saturated heterocycles. The zero-order chi connectivity index (χ0) is 15.2. The number of amides is 1. The Morgan fingerprint density at radius 3 is 2.76 bits per heavy atom. The average Bonchev–Trinajstić information content (AvgIpc) is 2.49. The van der Waals surface area contributed by atoms with E-state index in [4.69, 9.17) is 28.5 Å². The Morgan fingerprint density at radius 2 is 2.10 bits per heavy atom. The highest BCUT2D eigenvalue weighted by Gasteiger charge is 2.12. The number of benzene rings is 1. The molecular formula is C15H9Cl2N3O.